The van der Waals surface area contributed by atoms with E-state index < -0.39 is 6.10 Å². The number of methoxy groups -OCH3 is 1. The van der Waals surface area contributed by atoms with E-state index in [0.29, 0.717) is 18.0 Å². The molecule has 1 N–H and O–H groups in total. The SMILES string of the molecule is COc1cc(CN(C)Cc2cn(C)nc2C)ccc1OC[C@H](O)CN1CCSCC1. The minimum absolute atomic E-state index is 0.263. The van der Waals surface area contributed by atoms with Crippen LogP contribution in [-0.4, -0.2) is 82.7 Å². The Hall–Kier alpha value is -1.74. The maximum atomic E-state index is 10.3. The van der Waals surface area contributed by atoms with Gasteiger partial charge in [0, 0.05) is 63.0 Å². The third-order valence-corrected chi connectivity index (χ3v) is 6.18. The van der Waals surface area contributed by atoms with Crippen LogP contribution >= 0.6 is 11.8 Å². The fourth-order valence-electron chi connectivity index (χ4n) is 3.71. The highest BCUT2D eigenvalue weighted by atomic mass is 32.2. The second kappa shape index (κ2) is 11.0. The Morgan fingerprint density at radius 1 is 1.23 bits per heavy atom. The monoisotopic (exact) mass is 434 g/mol. The molecular weight excluding hydrogens is 400 g/mol. The highest BCUT2D eigenvalue weighted by Gasteiger charge is 2.16. The van der Waals surface area contributed by atoms with E-state index in [9.17, 15) is 5.11 Å². The molecule has 1 saturated heterocycles. The summed E-state index contributed by atoms with van der Waals surface area (Å²) in [6.07, 6.45) is 1.56. The first-order chi connectivity index (χ1) is 14.4. The van der Waals surface area contributed by atoms with Gasteiger partial charge in [0.05, 0.1) is 12.8 Å². The van der Waals surface area contributed by atoms with Crippen LogP contribution in [0.2, 0.25) is 0 Å². The quantitative estimate of drug-likeness (QED) is 0.615. The molecular formula is C22H34N4O3S. The van der Waals surface area contributed by atoms with Crippen molar-refractivity contribution in [3.05, 3.63) is 41.2 Å². The number of aliphatic hydroxyl groups excluding tert-OH is 1. The van der Waals surface area contributed by atoms with Gasteiger partial charge in [0.25, 0.3) is 0 Å². The average Bonchev–Trinajstić information content (AvgIpc) is 3.04. The molecule has 166 valence electrons. The van der Waals surface area contributed by atoms with Crippen LogP contribution in [-0.2, 0) is 20.1 Å². The first-order valence-corrected chi connectivity index (χ1v) is 11.6. The standard InChI is InChI=1S/C22H34N4O3S/c1-17-19(14-25(3)23-17)13-24(2)12-18-5-6-21(22(11-18)28-4)29-16-20(27)15-26-7-9-30-10-8-26/h5-6,11,14,20,27H,7-10,12-13,15-16H2,1-4H3/t20-/m1/s1. The molecule has 30 heavy (non-hydrogen) atoms. The number of nitrogens with zero attached hydrogens (tertiary/aromatic N) is 4. The van der Waals surface area contributed by atoms with Crippen LogP contribution in [0.15, 0.2) is 24.4 Å². The van der Waals surface area contributed by atoms with Gasteiger partial charge in [-0.1, -0.05) is 6.07 Å². The van der Waals surface area contributed by atoms with E-state index in [1.165, 1.54) is 5.56 Å². The summed E-state index contributed by atoms with van der Waals surface area (Å²) in [5.74, 6) is 3.63. The van der Waals surface area contributed by atoms with E-state index in [1.807, 2.05) is 42.5 Å². The highest BCUT2D eigenvalue weighted by molar-refractivity contribution is 7.99. The molecule has 0 amide bonds. The van der Waals surface area contributed by atoms with Crippen molar-refractivity contribution in [3.8, 4) is 11.5 Å². The summed E-state index contributed by atoms with van der Waals surface area (Å²) in [5, 5.41) is 14.7. The molecule has 0 saturated carbocycles. The van der Waals surface area contributed by atoms with Gasteiger partial charge in [-0.2, -0.15) is 16.9 Å². The topological polar surface area (TPSA) is 63.0 Å². The van der Waals surface area contributed by atoms with Gasteiger partial charge >= 0.3 is 0 Å². The van der Waals surface area contributed by atoms with Crippen molar-refractivity contribution >= 4 is 11.8 Å². The fourth-order valence-corrected chi connectivity index (χ4v) is 4.69. The summed E-state index contributed by atoms with van der Waals surface area (Å²) in [7, 11) is 5.69. The number of aryl methyl sites for hydroxylation is 2. The van der Waals surface area contributed by atoms with Gasteiger partial charge in [-0.15, -0.1) is 0 Å². The predicted molar refractivity (Wildman–Crippen MR) is 121 cm³/mol. The largest absolute Gasteiger partial charge is 0.493 e. The Morgan fingerprint density at radius 3 is 2.67 bits per heavy atom. The Balaban J connectivity index is 1.52. The number of thioether (sulfide) groups is 1. The fraction of sp³-hybridized carbons (Fsp3) is 0.591. The van der Waals surface area contributed by atoms with Crippen LogP contribution in [0, 0.1) is 6.92 Å². The highest BCUT2D eigenvalue weighted by Crippen LogP contribution is 2.29. The number of ether oxygens (including phenoxy) is 2. The minimum Gasteiger partial charge on any atom is -0.493 e. The van der Waals surface area contributed by atoms with Crippen molar-refractivity contribution in [2.24, 2.45) is 7.05 Å². The van der Waals surface area contributed by atoms with E-state index in [-0.39, 0.29) is 6.61 Å². The Kier molecular flexibility index (Phi) is 8.44. The average molecular weight is 435 g/mol. The first kappa shape index (κ1) is 22.9. The van der Waals surface area contributed by atoms with Crippen LogP contribution < -0.4 is 9.47 Å². The molecule has 0 unspecified atom stereocenters. The molecule has 1 atom stereocenters. The Bertz CT molecular complexity index is 808. The van der Waals surface area contributed by atoms with Gasteiger partial charge in [-0.25, -0.2) is 0 Å². The molecule has 7 nitrogen and oxygen atoms in total. The Morgan fingerprint density at radius 2 is 2.00 bits per heavy atom. The molecule has 0 spiro atoms. The van der Waals surface area contributed by atoms with E-state index >= 15 is 0 Å². The Labute approximate surface area is 183 Å². The lowest BCUT2D eigenvalue weighted by atomic mass is 10.1. The van der Waals surface area contributed by atoms with Crippen LogP contribution in [0.5, 0.6) is 11.5 Å². The number of aromatic nitrogens is 2. The first-order valence-electron chi connectivity index (χ1n) is 10.4. The van der Waals surface area contributed by atoms with Crippen molar-refractivity contribution in [2.45, 2.75) is 26.1 Å². The molecule has 0 radical (unpaired) electrons. The molecule has 0 aliphatic carbocycles. The second-order valence-corrected chi connectivity index (χ2v) is 9.17. The summed E-state index contributed by atoms with van der Waals surface area (Å²) in [6, 6.07) is 6.00. The van der Waals surface area contributed by atoms with Crippen LogP contribution in [0.1, 0.15) is 16.8 Å². The molecule has 3 rings (SSSR count). The molecule has 1 aromatic heterocycles. The number of rotatable bonds is 10. The van der Waals surface area contributed by atoms with Crippen LogP contribution in [0.25, 0.3) is 0 Å². The van der Waals surface area contributed by atoms with Gasteiger partial charge in [-0.05, 0) is 31.7 Å². The lowest BCUT2D eigenvalue weighted by Crippen LogP contribution is -2.40. The summed E-state index contributed by atoms with van der Waals surface area (Å²) in [5.41, 5.74) is 3.44. The van der Waals surface area contributed by atoms with Crippen molar-refractivity contribution < 1.29 is 14.6 Å². The van der Waals surface area contributed by atoms with Crippen molar-refractivity contribution in [2.75, 3.05) is 51.9 Å². The van der Waals surface area contributed by atoms with E-state index in [1.54, 1.807) is 7.11 Å². The van der Waals surface area contributed by atoms with E-state index in [4.69, 9.17) is 9.47 Å². The third-order valence-electron chi connectivity index (χ3n) is 5.24. The van der Waals surface area contributed by atoms with Crippen molar-refractivity contribution in [3.63, 3.8) is 0 Å². The number of benzene rings is 1. The zero-order chi connectivity index (χ0) is 21.5. The van der Waals surface area contributed by atoms with Crippen molar-refractivity contribution in [1.82, 2.24) is 19.6 Å². The lowest BCUT2D eigenvalue weighted by Gasteiger charge is -2.28. The van der Waals surface area contributed by atoms with Gasteiger partial charge in [-0.3, -0.25) is 14.5 Å². The molecule has 8 heteroatoms. The summed E-state index contributed by atoms with van der Waals surface area (Å²) in [4.78, 5) is 4.55. The second-order valence-electron chi connectivity index (χ2n) is 7.95. The maximum absolute atomic E-state index is 10.3. The van der Waals surface area contributed by atoms with E-state index in [0.717, 1.165) is 48.9 Å². The van der Waals surface area contributed by atoms with Gasteiger partial charge < -0.3 is 14.6 Å². The molecule has 0 bridgehead atoms. The van der Waals surface area contributed by atoms with Crippen LogP contribution in [0.4, 0.5) is 0 Å². The molecule has 1 fully saturated rings. The maximum Gasteiger partial charge on any atom is 0.161 e. The number of hydrogen-bond donors (Lipinski definition) is 1. The third kappa shape index (κ3) is 6.63. The van der Waals surface area contributed by atoms with Gasteiger partial charge in [0.15, 0.2) is 11.5 Å². The van der Waals surface area contributed by atoms with Gasteiger partial charge in [0.1, 0.15) is 12.7 Å². The van der Waals surface area contributed by atoms with Gasteiger partial charge in [0.2, 0.25) is 0 Å². The summed E-state index contributed by atoms with van der Waals surface area (Å²) < 4.78 is 13.3. The van der Waals surface area contributed by atoms with Crippen molar-refractivity contribution in [1.29, 1.82) is 0 Å². The zero-order valence-corrected chi connectivity index (χ0v) is 19.3. The normalized spacial score (nSPS) is 16.1. The predicted octanol–water partition coefficient (Wildman–Crippen LogP) is 2.16. The molecule has 2 aromatic rings. The molecule has 2 heterocycles. The summed E-state index contributed by atoms with van der Waals surface area (Å²) >= 11 is 1.97. The lowest BCUT2D eigenvalue weighted by molar-refractivity contribution is 0.0704. The molecule has 1 aromatic carbocycles. The zero-order valence-electron chi connectivity index (χ0n) is 18.5. The summed E-state index contributed by atoms with van der Waals surface area (Å²) in [6.45, 7) is 6.65. The molecule has 1 aliphatic heterocycles. The smallest absolute Gasteiger partial charge is 0.161 e. The van der Waals surface area contributed by atoms with Crippen LogP contribution in [0.3, 0.4) is 0 Å². The number of β-amino-alcohol motifs (C(OH)–C–C–N with tert-alkyl or cyclic N) is 1. The van der Waals surface area contributed by atoms with E-state index in [2.05, 4.69) is 34.2 Å². The molecule has 1 aliphatic rings. The number of aliphatic hydroxyl groups is 1. The number of hydrogen-bond acceptors (Lipinski definition) is 7. The minimum atomic E-state index is -0.508.